The minimum absolute atomic E-state index is 0.438. The van der Waals surface area contributed by atoms with E-state index in [-0.39, 0.29) is 0 Å². The van der Waals surface area contributed by atoms with Crippen molar-refractivity contribution in [3.63, 3.8) is 0 Å². The van der Waals surface area contributed by atoms with Crippen LogP contribution < -0.4 is 11.1 Å². The molecular formula is C8H8N3O. The summed E-state index contributed by atoms with van der Waals surface area (Å²) in [5.41, 5.74) is 5.36. The summed E-state index contributed by atoms with van der Waals surface area (Å²) in [5.74, 6) is -0.952. The summed E-state index contributed by atoms with van der Waals surface area (Å²) in [6, 6.07) is 8.49. The first-order chi connectivity index (χ1) is 5.70. The Bertz CT molecular complexity index is 294. The van der Waals surface area contributed by atoms with Crippen LogP contribution in [0.2, 0.25) is 0 Å². The van der Waals surface area contributed by atoms with Gasteiger partial charge in [0.25, 0.3) is 5.91 Å². The molecule has 1 amide bonds. The number of nitrogens with zero attached hydrogens (tertiary/aromatic N) is 1. The van der Waals surface area contributed by atoms with Crippen molar-refractivity contribution in [2.24, 2.45) is 5.73 Å². The number of hydrogen-bond donors (Lipinski definition) is 2. The molecule has 0 spiro atoms. The average molecular weight is 162 g/mol. The number of rotatable bonds is 1. The van der Waals surface area contributed by atoms with E-state index >= 15 is 0 Å². The minimum atomic E-state index is -0.483. The van der Waals surface area contributed by atoms with Gasteiger partial charge in [-0.25, -0.2) is 0 Å². The minimum Gasteiger partial charge on any atom is -0.368 e. The molecule has 61 valence electrons. The smallest absolute Gasteiger partial charge is 0.280 e. The Morgan fingerprint density at radius 2 is 1.92 bits per heavy atom. The Hall–Kier alpha value is -1.84. The first kappa shape index (κ1) is 8.26. The summed E-state index contributed by atoms with van der Waals surface area (Å²) in [4.78, 5) is 11.1. The van der Waals surface area contributed by atoms with Crippen molar-refractivity contribution >= 4 is 11.9 Å². The van der Waals surface area contributed by atoms with E-state index in [2.05, 4.69) is 5.32 Å². The second kappa shape index (κ2) is 3.52. The Balaban J connectivity index is 2.73. The molecule has 4 heteroatoms. The van der Waals surface area contributed by atoms with Gasteiger partial charge in [-0.05, 0) is 12.1 Å². The van der Waals surface area contributed by atoms with Gasteiger partial charge < -0.3 is 5.73 Å². The number of carbonyl (C=O) groups excluding carboxylic acids is 1. The molecule has 1 radical (unpaired) electrons. The van der Waals surface area contributed by atoms with Gasteiger partial charge in [0.05, 0.1) is 0 Å². The molecule has 0 aromatic heterocycles. The Morgan fingerprint density at radius 1 is 1.33 bits per heavy atom. The van der Waals surface area contributed by atoms with Crippen LogP contribution in [0.1, 0.15) is 10.4 Å². The fourth-order valence-electron chi connectivity index (χ4n) is 0.755. The summed E-state index contributed by atoms with van der Waals surface area (Å²) in [6.07, 6.45) is 0. The summed E-state index contributed by atoms with van der Waals surface area (Å²) < 4.78 is 0. The maximum Gasteiger partial charge on any atom is 0.280 e. The van der Waals surface area contributed by atoms with E-state index in [4.69, 9.17) is 11.1 Å². The van der Waals surface area contributed by atoms with Crippen LogP contribution in [-0.4, -0.2) is 11.9 Å². The van der Waals surface area contributed by atoms with Gasteiger partial charge >= 0.3 is 0 Å². The molecule has 1 rings (SSSR count). The molecule has 0 atom stereocenters. The first-order valence-corrected chi connectivity index (χ1v) is 3.35. The Labute approximate surface area is 69.9 Å². The molecule has 12 heavy (non-hydrogen) atoms. The van der Waals surface area contributed by atoms with Gasteiger partial charge in [0, 0.05) is 5.56 Å². The van der Waals surface area contributed by atoms with Gasteiger partial charge in [-0.2, -0.15) is 5.32 Å². The highest BCUT2D eigenvalue weighted by Gasteiger charge is 2.05. The molecule has 1 aromatic rings. The van der Waals surface area contributed by atoms with Crippen LogP contribution in [0.5, 0.6) is 0 Å². The lowest BCUT2D eigenvalue weighted by molar-refractivity contribution is 0.0973. The molecule has 0 saturated carbocycles. The molecule has 0 aliphatic carbocycles. The van der Waals surface area contributed by atoms with Crippen molar-refractivity contribution in [2.75, 3.05) is 0 Å². The van der Waals surface area contributed by atoms with E-state index in [0.717, 1.165) is 0 Å². The lowest BCUT2D eigenvalue weighted by atomic mass is 10.2. The van der Waals surface area contributed by atoms with Crippen LogP contribution in [0.25, 0.3) is 0 Å². The van der Waals surface area contributed by atoms with E-state index < -0.39 is 11.9 Å². The summed E-state index contributed by atoms with van der Waals surface area (Å²) in [5, 5.41) is 10.0. The maximum atomic E-state index is 11.1. The second-order valence-electron chi connectivity index (χ2n) is 2.17. The lowest BCUT2D eigenvalue weighted by Crippen LogP contribution is -2.28. The van der Waals surface area contributed by atoms with E-state index in [1.807, 2.05) is 0 Å². The van der Waals surface area contributed by atoms with E-state index in [9.17, 15) is 4.79 Å². The molecule has 0 aliphatic heterocycles. The number of guanidine groups is 1. The predicted molar refractivity (Wildman–Crippen MR) is 44.8 cm³/mol. The normalized spacial score (nSPS) is 9.00. The van der Waals surface area contributed by atoms with Crippen LogP contribution in [0.4, 0.5) is 0 Å². The van der Waals surface area contributed by atoms with Crippen molar-refractivity contribution in [1.82, 2.24) is 5.32 Å². The third-order valence-corrected chi connectivity index (χ3v) is 1.24. The zero-order valence-electron chi connectivity index (χ0n) is 6.32. The van der Waals surface area contributed by atoms with Crippen LogP contribution in [0, 0.1) is 5.41 Å². The topological polar surface area (TPSA) is 81.0 Å². The highest BCUT2D eigenvalue weighted by Crippen LogP contribution is 1.97. The first-order valence-electron chi connectivity index (χ1n) is 3.35. The number of amides is 1. The van der Waals surface area contributed by atoms with E-state index in [1.165, 1.54) is 0 Å². The van der Waals surface area contributed by atoms with Gasteiger partial charge in [0.15, 0.2) is 0 Å². The van der Waals surface area contributed by atoms with E-state index in [1.54, 1.807) is 30.3 Å². The van der Waals surface area contributed by atoms with Crippen molar-refractivity contribution in [2.45, 2.75) is 0 Å². The third kappa shape index (κ3) is 2.09. The maximum absolute atomic E-state index is 11.1. The van der Waals surface area contributed by atoms with Crippen molar-refractivity contribution < 1.29 is 4.79 Å². The van der Waals surface area contributed by atoms with Gasteiger partial charge in [0.2, 0.25) is 5.96 Å². The third-order valence-electron chi connectivity index (χ3n) is 1.24. The number of nitrogens with one attached hydrogen (secondary N) is 1. The molecule has 0 fully saturated rings. The van der Waals surface area contributed by atoms with Crippen LogP contribution >= 0.6 is 0 Å². The number of benzene rings is 1. The zero-order chi connectivity index (χ0) is 8.97. The fraction of sp³-hybridized carbons (Fsp3) is 0. The standard InChI is InChI=1S/C8H8N3O/c9-8(10)11-7(12)6-4-2-1-3-5-6/h1-5H,(H3,9,10). The summed E-state index contributed by atoms with van der Waals surface area (Å²) in [7, 11) is 0. The van der Waals surface area contributed by atoms with Crippen molar-refractivity contribution in [3.8, 4) is 0 Å². The molecule has 0 heterocycles. The molecular weight excluding hydrogens is 154 g/mol. The fourth-order valence-corrected chi connectivity index (χ4v) is 0.755. The van der Waals surface area contributed by atoms with E-state index in [0.29, 0.717) is 5.56 Å². The largest absolute Gasteiger partial charge is 0.368 e. The number of carbonyl (C=O) groups is 1. The van der Waals surface area contributed by atoms with Gasteiger partial charge in [-0.15, -0.1) is 0 Å². The summed E-state index contributed by atoms with van der Waals surface area (Å²) >= 11 is 0. The van der Waals surface area contributed by atoms with Crippen LogP contribution in [-0.2, 0) is 0 Å². The van der Waals surface area contributed by atoms with Gasteiger partial charge in [0.1, 0.15) is 0 Å². The zero-order valence-corrected chi connectivity index (χ0v) is 6.32. The lowest BCUT2D eigenvalue weighted by Gasteiger charge is -1.97. The van der Waals surface area contributed by atoms with Crippen molar-refractivity contribution in [3.05, 3.63) is 35.9 Å². The Kier molecular flexibility index (Phi) is 2.42. The summed E-state index contributed by atoms with van der Waals surface area (Å²) in [6.45, 7) is 0. The van der Waals surface area contributed by atoms with Gasteiger partial charge in [-0.1, -0.05) is 18.2 Å². The molecule has 0 aliphatic rings. The van der Waals surface area contributed by atoms with Crippen molar-refractivity contribution in [1.29, 1.82) is 5.41 Å². The molecule has 0 bridgehead atoms. The number of nitrogens with two attached hydrogens (primary N) is 1. The SMILES string of the molecule is N=C(N)[N]C(=O)c1ccccc1. The van der Waals surface area contributed by atoms with Crippen LogP contribution in [0.15, 0.2) is 30.3 Å². The molecule has 0 saturated heterocycles. The molecule has 1 aromatic carbocycles. The monoisotopic (exact) mass is 162 g/mol. The highest BCUT2D eigenvalue weighted by molar-refractivity contribution is 6.03. The predicted octanol–water partition coefficient (Wildman–Crippen LogP) is 0.325. The number of hydrogen-bond acceptors (Lipinski definition) is 2. The Morgan fingerprint density at radius 3 is 2.42 bits per heavy atom. The molecule has 0 unspecified atom stereocenters. The van der Waals surface area contributed by atoms with Gasteiger partial charge in [-0.3, -0.25) is 10.2 Å². The highest BCUT2D eigenvalue weighted by atomic mass is 16.1. The second-order valence-corrected chi connectivity index (χ2v) is 2.17. The average Bonchev–Trinajstić information content (AvgIpc) is 2.05. The molecule has 3 N–H and O–H groups in total. The van der Waals surface area contributed by atoms with Crippen LogP contribution in [0.3, 0.4) is 0 Å². The molecule has 4 nitrogen and oxygen atoms in total. The quantitative estimate of drug-likeness (QED) is 0.460.